The van der Waals surface area contributed by atoms with Crippen molar-refractivity contribution in [2.45, 2.75) is 32.4 Å². The molecule has 21 heavy (non-hydrogen) atoms. The molecule has 2 rings (SSSR count). The Morgan fingerprint density at radius 3 is 2.95 bits per heavy atom. The van der Waals surface area contributed by atoms with Gasteiger partial charge in [-0.3, -0.25) is 9.78 Å². The van der Waals surface area contributed by atoms with Crippen LogP contribution in [0.15, 0.2) is 30.6 Å². The van der Waals surface area contributed by atoms with E-state index < -0.39 is 5.91 Å². The first-order valence-electron chi connectivity index (χ1n) is 6.87. The standard InChI is InChI=1S/C15H20N5O/c1-15(2,20-10-9-19-14(20)13(16)21)6-8-17-11-12-5-3-4-7-18-12/h3-5,7,10,17H,6,8,11H2,1-2H3,(H2,16,21). The number of nitrogens with two attached hydrogens (primary N) is 1. The molecule has 6 heteroatoms. The third-order valence-electron chi connectivity index (χ3n) is 3.40. The maximum atomic E-state index is 11.3. The Morgan fingerprint density at radius 1 is 1.48 bits per heavy atom. The Labute approximate surface area is 124 Å². The Morgan fingerprint density at radius 2 is 2.29 bits per heavy atom. The molecule has 2 aromatic rings. The van der Waals surface area contributed by atoms with Crippen LogP contribution in [-0.2, 0) is 12.1 Å². The summed E-state index contributed by atoms with van der Waals surface area (Å²) in [6, 6.07) is 5.84. The molecule has 0 aliphatic carbocycles. The fourth-order valence-electron chi connectivity index (χ4n) is 2.13. The van der Waals surface area contributed by atoms with Crippen LogP contribution in [0.25, 0.3) is 0 Å². The predicted molar refractivity (Wildman–Crippen MR) is 79.5 cm³/mol. The van der Waals surface area contributed by atoms with Gasteiger partial charge in [0.2, 0.25) is 0 Å². The van der Waals surface area contributed by atoms with Crippen molar-refractivity contribution in [1.82, 2.24) is 19.9 Å². The van der Waals surface area contributed by atoms with Gasteiger partial charge < -0.3 is 15.6 Å². The Kier molecular flexibility index (Phi) is 4.70. The molecule has 111 valence electrons. The van der Waals surface area contributed by atoms with Crippen LogP contribution in [0.2, 0.25) is 0 Å². The molecule has 3 N–H and O–H groups in total. The van der Waals surface area contributed by atoms with Crippen molar-refractivity contribution in [3.63, 3.8) is 0 Å². The van der Waals surface area contributed by atoms with Gasteiger partial charge in [-0.15, -0.1) is 0 Å². The molecule has 0 fully saturated rings. The van der Waals surface area contributed by atoms with E-state index in [0.29, 0.717) is 0 Å². The summed E-state index contributed by atoms with van der Waals surface area (Å²) in [6.45, 7) is 5.59. The highest BCUT2D eigenvalue weighted by Crippen LogP contribution is 2.20. The summed E-state index contributed by atoms with van der Waals surface area (Å²) in [5.41, 5.74) is 6.05. The maximum absolute atomic E-state index is 11.3. The molecule has 2 heterocycles. The van der Waals surface area contributed by atoms with E-state index >= 15 is 0 Å². The number of amides is 1. The van der Waals surface area contributed by atoms with Gasteiger partial charge >= 0.3 is 0 Å². The Balaban J connectivity index is 1.89. The number of pyridine rings is 1. The lowest BCUT2D eigenvalue weighted by atomic mass is 10.00. The van der Waals surface area contributed by atoms with Gasteiger partial charge in [0.1, 0.15) is 6.20 Å². The lowest BCUT2D eigenvalue weighted by Gasteiger charge is -2.28. The highest BCUT2D eigenvalue weighted by atomic mass is 16.1. The van der Waals surface area contributed by atoms with E-state index in [1.54, 1.807) is 17.0 Å². The molecular weight excluding hydrogens is 266 g/mol. The number of carbonyl (C=O) groups is 1. The lowest BCUT2D eigenvalue weighted by molar-refractivity contribution is 0.0978. The van der Waals surface area contributed by atoms with Crippen LogP contribution in [0.4, 0.5) is 0 Å². The molecule has 0 unspecified atom stereocenters. The summed E-state index contributed by atoms with van der Waals surface area (Å²) in [5.74, 6) is -0.296. The number of rotatable bonds is 7. The molecular formula is C15H20N5O. The molecule has 6 nitrogen and oxygen atoms in total. The summed E-state index contributed by atoms with van der Waals surface area (Å²) < 4.78 is 1.78. The molecule has 1 radical (unpaired) electrons. The molecule has 0 aliphatic rings. The summed E-state index contributed by atoms with van der Waals surface area (Å²) in [5, 5.41) is 3.35. The number of hydrogen-bond acceptors (Lipinski definition) is 4. The second-order valence-corrected chi connectivity index (χ2v) is 5.49. The minimum absolute atomic E-state index is 0.240. The highest BCUT2D eigenvalue weighted by molar-refractivity contribution is 5.89. The van der Waals surface area contributed by atoms with Gasteiger partial charge in [-0.25, -0.2) is 4.98 Å². The van der Waals surface area contributed by atoms with Gasteiger partial charge in [0.15, 0.2) is 5.82 Å². The van der Waals surface area contributed by atoms with Gasteiger partial charge in [0.05, 0.1) is 5.69 Å². The number of primary amides is 1. The average Bonchev–Trinajstić information content (AvgIpc) is 2.95. The molecule has 0 aromatic carbocycles. The number of carbonyl (C=O) groups excluding carboxylic acids is 1. The van der Waals surface area contributed by atoms with Crippen molar-refractivity contribution in [2.75, 3.05) is 6.54 Å². The zero-order valence-electron chi connectivity index (χ0n) is 12.3. The molecule has 0 saturated heterocycles. The van der Waals surface area contributed by atoms with Gasteiger partial charge in [-0.05, 0) is 38.9 Å². The first kappa shape index (κ1) is 15.2. The van der Waals surface area contributed by atoms with E-state index in [0.717, 1.165) is 25.2 Å². The van der Waals surface area contributed by atoms with Gasteiger partial charge in [0.25, 0.3) is 5.91 Å². The van der Waals surface area contributed by atoms with Crippen LogP contribution in [-0.4, -0.2) is 27.0 Å². The van der Waals surface area contributed by atoms with Crippen LogP contribution in [0.3, 0.4) is 0 Å². The van der Waals surface area contributed by atoms with Crippen molar-refractivity contribution in [3.8, 4) is 0 Å². The smallest absolute Gasteiger partial charge is 0.284 e. The molecule has 0 spiro atoms. The van der Waals surface area contributed by atoms with E-state index in [4.69, 9.17) is 5.73 Å². The number of aromatic nitrogens is 3. The molecule has 0 bridgehead atoms. The number of hydrogen-bond donors (Lipinski definition) is 2. The van der Waals surface area contributed by atoms with Crippen molar-refractivity contribution < 1.29 is 4.79 Å². The summed E-state index contributed by atoms with van der Waals surface area (Å²) in [6.07, 6.45) is 6.95. The number of nitrogens with one attached hydrogen (secondary N) is 1. The molecule has 0 aliphatic heterocycles. The number of imidazole rings is 1. The van der Waals surface area contributed by atoms with E-state index in [1.807, 2.05) is 32.0 Å². The van der Waals surface area contributed by atoms with Crippen molar-refractivity contribution in [2.24, 2.45) is 5.73 Å². The van der Waals surface area contributed by atoms with Gasteiger partial charge in [-0.2, -0.15) is 0 Å². The van der Waals surface area contributed by atoms with Gasteiger partial charge in [0, 0.05) is 24.5 Å². The van der Waals surface area contributed by atoms with Crippen LogP contribution in [0.1, 0.15) is 36.6 Å². The SMILES string of the molecule is CC(C)(CCNCc1ccccn1)n1c[c]nc1C(N)=O. The fraction of sp³-hybridized carbons (Fsp3) is 0.400. The van der Waals surface area contributed by atoms with Gasteiger partial charge in [-0.1, -0.05) is 6.07 Å². The highest BCUT2D eigenvalue weighted by Gasteiger charge is 2.24. The summed E-state index contributed by atoms with van der Waals surface area (Å²) in [7, 11) is 0. The van der Waals surface area contributed by atoms with Crippen LogP contribution < -0.4 is 11.1 Å². The fourth-order valence-corrected chi connectivity index (χ4v) is 2.13. The normalized spacial score (nSPS) is 11.5. The molecule has 1 amide bonds. The van der Waals surface area contributed by atoms with Crippen molar-refractivity contribution in [3.05, 3.63) is 48.3 Å². The van der Waals surface area contributed by atoms with Crippen molar-refractivity contribution >= 4 is 5.91 Å². The number of nitrogens with zero attached hydrogens (tertiary/aromatic N) is 3. The first-order chi connectivity index (χ1) is 10.0. The lowest BCUT2D eigenvalue weighted by Crippen LogP contribution is -2.34. The first-order valence-corrected chi connectivity index (χ1v) is 6.87. The monoisotopic (exact) mass is 286 g/mol. The third kappa shape index (κ3) is 3.88. The zero-order valence-corrected chi connectivity index (χ0v) is 12.3. The second kappa shape index (κ2) is 6.49. The van der Waals surface area contributed by atoms with Crippen LogP contribution in [0.5, 0.6) is 0 Å². The second-order valence-electron chi connectivity index (χ2n) is 5.49. The largest absolute Gasteiger partial charge is 0.363 e. The minimum Gasteiger partial charge on any atom is -0.363 e. The summed E-state index contributed by atoms with van der Waals surface area (Å²) in [4.78, 5) is 19.5. The minimum atomic E-state index is -0.536. The third-order valence-corrected chi connectivity index (χ3v) is 3.40. The molecule has 0 atom stereocenters. The van der Waals surface area contributed by atoms with E-state index in [9.17, 15) is 4.79 Å². The molecule has 0 saturated carbocycles. The van der Waals surface area contributed by atoms with E-state index in [1.165, 1.54) is 0 Å². The molecule has 2 aromatic heterocycles. The average molecular weight is 286 g/mol. The van der Waals surface area contributed by atoms with E-state index in [-0.39, 0.29) is 11.4 Å². The Bertz CT molecular complexity index is 591. The van der Waals surface area contributed by atoms with Crippen LogP contribution >= 0.6 is 0 Å². The van der Waals surface area contributed by atoms with E-state index in [2.05, 4.69) is 21.5 Å². The van der Waals surface area contributed by atoms with Crippen molar-refractivity contribution in [1.29, 1.82) is 0 Å². The van der Waals surface area contributed by atoms with Crippen LogP contribution in [0, 0.1) is 6.20 Å². The Hall–Kier alpha value is -2.21. The summed E-state index contributed by atoms with van der Waals surface area (Å²) >= 11 is 0. The quantitative estimate of drug-likeness (QED) is 0.746. The predicted octanol–water partition coefficient (Wildman–Crippen LogP) is 1.09. The maximum Gasteiger partial charge on any atom is 0.284 e. The zero-order chi connectivity index (χ0) is 15.3. The topological polar surface area (TPSA) is 85.8 Å².